The number of hydrogen-bond acceptors (Lipinski definition) is 2. The number of halogens is 2. The molecule has 1 rings (SSSR count). The topological polar surface area (TPSA) is 46.2 Å². The van der Waals surface area contributed by atoms with E-state index in [0.717, 1.165) is 10.9 Å². The maximum atomic E-state index is 12.0. The second-order valence-corrected chi connectivity index (χ2v) is 6.67. The molecule has 0 saturated heterocycles. The Labute approximate surface area is 116 Å². The lowest BCUT2D eigenvalue weighted by atomic mass is 10.2. The molecule has 1 aromatic carbocycles. The monoisotopic (exact) mass is 339 g/mol. The van der Waals surface area contributed by atoms with Crippen LogP contribution in [0.1, 0.15) is 19.8 Å². The Hall–Kier alpha value is -0.100. The van der Waals surface area contributed by atoms with Crippen LogP contribution < -0.4 is 4.72 Å². The summed E-state index contributed by atoms with van der Waals surface area (Å²) in [5.74, 6) is 0.446. The van der Waals surface area contributed by atoms with Crippen LogP contribution in [0.25, 0.3) is 0 Å². The summed E-state index contributed by atoms with van der Waals surface area (Å²) in [4.78, 5) is 0.272. The summed E-state index contributed by atoms with van der Waals surface area (Å²) in [7, 11) is -3.44. The quantitative estimate of drug-likeness (QED) is 0.809. The molecule has 0 heterocycles. The summed E-state index contributed by atoms with van der Waals surface area (Å²) >= 11 is 8.90. The molecule has 1 N–H and O–H groups in total. The van der Waals surface area contributed by atoms with Crippen LogP contribution in [-0.2, 0) is 10.0 Å². The molecule has 17 heavy (non-hydrogen) atoms. The highest BCUT2D eigenvalue weighted by Crippen LogP contribution is 2.15. The predicted molar refractivity (Wildman–Crippen MR) is 73.9 cm³/mol. The van der Waals surface area contributed by atoms with Gasteiger partial charge >= 0.3 is 0 Å². The molecule has 0 aromatic heterocycles. The first kappa shape index (κ1) is 15.0. The van der Waals surface area contributed by atoms with Gasteiger partial charge in [0.05, 0.1) is 4.90 Å². The fourth-order valence-electron chi connectivity index (χ4n) is 1.38. The molecule has 96 valence electrons. The van der Waals surface area contributed by atoms with E-state index in [1.54, 1.807) is 24.3 Å². The van der Waals surface area contributed by atoms with E-state index in [1.807, 2.05) is 6.92 Å². The van der Waals surface area contributed by atoms with E-state index in [0.29, 0.717) is 12.3 Å². The third kappa shape index (κ3) is 4.58. The van der Waals surface area contributed by atoms with Crippen molar-refractivity contribution in [3.63, 3.8) is 0 Å². The minimum Gasteiger partial charge on any atom is -0.208 e. The molecular formula is C11H15BrClNO2S. The van der Waals surface area contributed by atoms with Crippen molar-refractivity contribution >= 4 is 37.6 Å². The molecule has 1 unspecified atom stereocenters. The molecule has 0 aliphatic rings. The smallest absolute Gasteiger partial charge is 0.208 e. The Morgan fingerprint density at radius 1 is 1.35 bits per heavy atom. The molecular weight excluding hydrogens is 326 g/mol. The number of benzene rings is 1. The van der Waals surface area contributed by atoms with Crippen LogP contribution in [0.2, 0.25) is 0 Å². The summed E-state index contributed by atoms with van der Waals surface area (Å²) in [6.07, 6.45) is 1.36. The summed E-state index contributed by atoms with van der Waals surface area (Å²) in [5.41, 5.74) is 0. The lowest BCUT2D eigenvalue weighted by molar-refractivity contribution is 0.531. The van der Waals surface area contributed by atoms with Crippen LogP contribution in [0.15, 0.2) is 33.6 Å². The van der Waals surface area contributed by atoms with Gasteiger partial charge in [-0.15, -0.1) is 11.6 Å². The van der Waals surface area contributed by atoms with E-state index >= 15 is 0 Å². The van der Waals surface area contributed by atoms with Crippen molar-refractivity contribution in [2.24, 2.45) is 0 Å². The molecule has 6 heteroatoms. The highest BCUT2D eigenvalue weighted by atomic mass is 79.9. The largest absolute Gasteiger partial charge is 0.240 e. The van der Waals surface area contributed by atoms with E-state index in [4.69, 9.17) is 11.6 Å². The van der Waals surface area contributed by atoms with Crippen LogP contribution in [-0.4, -0.2) is 20.3 Å². The second-order valence-electron chi connectivity index (χ2n) is 3.66. The Bertz CT molecular complexity index is 447. The predicted octanol–water partition coefficient (Wildman–Crippen LogP) is 3.13. The number of rotatable bonds is 6. The van der Waals surface area contributed by atoms with Crippen LogP contribution in [0.3, 0.4) is 0 Å². The lowest BCUT2D eigenvalue weighted by Crippen LogP contribution is -2.34. The molecule has 3 nitrogen and oxygen atoms in total. The van der Waals surface area contributed by atoms with Crippen LogP contribution >= 0.6 is 27.5 Å². The van der Waals surface area contributed by atoms with Gasteiger partial charge in [0.2, 0.25) is 10.0 Å². The van der Waals surface area contributed by atoms with Gasteiger partial charge in [-0.1, -0.05) is 22.9 Å². The van der Waals surface area contributed by atoms with Crippen molar-refractivity contribution in [3.05, 3.63) is 28.7 Å². The molecule has 0 spiro atoms. The Kier molecular flexibility index (Phi) is 5.92. The zero-order valence-corrected chi connectivity index (χ0v) is 12.6. The summed E-state index contributed by atoms with van der Waals surface area (Å²) < 4.78 is 27.5. The highest BCUT2D eigenvalue weighted by Gasteiger charge is 2.18. The van der Waals surface area contributed by atoms with E-state index in [9.17, 15) is 8.42 Å². The van der Waals surface area contributed by atoms with Gasteiger partial charge in [-0.2, -0.15) is 0 Å². The van der Waals surface area contributed by atoms with E-state index in [-0.39, 0.29) is 10.9 Å². The van der Waals surface area contributed by atoms with E-state index < -0.39 is 10.0 Å². The first-order chi connectivity index (χ1) is 7.99. The molecule has 0 radical (unpaired) electrons. The highest BCUT2D eigenvalue weighted by molar-refractivity contribution is 9.10. The Morgan fingerprint density at radius 2 is 1.94 bits per heavy atom. The van der Waals surface area contributed by atoms with Gasteiger partial charge < -0.3 is 0 Å². The normalized spacial score (nSPS) is 13.6. The maximum Gasteiger partial charge on any atom is 0.240 e. The molecule has 0 amide bonds. The molecule has 0 saturated carbocycles. The van der Waals surface area contributed by atoms with Crippen LogP contribution in [0.4, 0.5) is 0 Å². The van der Waals surface area contributed by atoms with Gasteiger partial charge in [-0.3, -0.25) is 0 Å². The van der Waals surface area contributed by atoms with Crippen LogP contribution in [0.5, 0.6) is 0 Å². The fraction of sp³-hybridized carbons (Fsp3) is 0.455. The van der Waals surface area contributed by atoms with Gasteiger partial charge in [0.1, 0.15) is 0 Å². The van der Waals surface area contributed by atoms with Crippen molar-refractivity contribution in [2.75, 3.05) is 5.88 Å². The number of hydrogen-bond donors (Lipinski definition) is 1. The van der Waals surface area contributed by atoms with Gasteiger partial charge in [0.15, 0.2) is 0 Å². The average Bonchev–Trinajstić information content (AvgIpc) is 2.28. The van der Waals surface area contributed by atoms with Gasteiger partial charge in [-0.05, 0) is 37.1 Å². The van der Waals surface area contributed by atoms with Crippen molar-refractivity contribution in [2.45, 2.75) is 30.7 Å². The Morgan fingerprint density at radius 3 is 2.41 bits per heavy atom. The van der Waals surface area contributed by atoms with Crippen molar-refractivity contribution in [1.82, 2.24) is 4.72 Å². The van der Waals surface area contributed by atoms with Gasteiger partial charge in [0, 0.05) is 16.4 Å². The maximum absolute atomic E-state index is 12.0. The average molecular weight is 341 g/mol. The Balaban J connectivity index is 2.84. The summed E-state index contributed by atoms with van der Waals surface area (Å²) in [6, 6.07) is 6.44. The fourth-order valence-corrected chi connectivity index (χ4v) is 3.26. The molecule has 0 bridgehead atoms. The summed E-state index contributed by atoms with van der Waals surface area (Å²) in [5, 5.41) is 0. The van der Waals surface area contributed by atoms with E-state index in [1.165, 1.54) is 0 Å². The first-order valence-corrected chi connectivity index (χ1v) is 8.14. The summed E-state index contributed by atoms with van der Waals surface area (Å²) in [6.45, 7) is 1.93. The molecule has 0 aliphatic carbocycles. The minimum atomic E-state index is -3.44. The van der Waals surface area contributed by atoms with Gasteiger partial charge in [0.25, 0.3) is 0 Å². The molecule has 1 atom stereocenters. The van der Waals surface area contributed by atoms with Crippen LogP contribution in [0, 0.1) is 0 Å². The zero-order valence-electron chi connectivity index (χ0n) is 9.49. The standard InChI is InChI=1S/C11H15BrClNO2S/c1-2-10(7-8-13)14-17(15,16)11-5-3-9(12)4-6-11/h3-6,10,14H,2,7-8H2,1H3. The third-order valence-corrected chi connectivity index (χ3v) is 4.68. The van der Waals surface area contributed by atoms with Gasteiger partial charge in [-0.25, -0.2) is 13.1 Å². The second kappa shape index (κ2) is 6.73. The van der Waals surface area contributed by atoms with Crippen molar-refractivity contribution < 1.29 is 8.42 Å². The van der Waals surface area contributed by atoms with Crippen molar-refractivity contribution in [3.8, 4) is 0 Å². The number of nitrogens with one attached hydrogen (secondary N) is 1. The number of sulfonamides is 1. The first-order valence-electron chi connectivity index (χ1n) is 5.33. The minimum absolute atomic E-state index is 0.110. The molecule has 0 fully saturated rings. The van der Waals surface area contributed by atoms with E-state index in [2.05, 4.69) is 20.7 Å². The van der Waals surface area contributed by atoms with Crippen molar-refractivity contribution in [1.29, 1.82) is 0 Å². The third-order valence-electron chi connectivity index (χ3n) is 2.40. The lowest BCUT2D eigenvalue weighted by Gasteiger charge is -2.15. The number of alkyl halides is 1. The molecule has 0 aliphatic heterocycles. The zero-order chi connectivity index (χ0) is 12.9. The molecule has 1 aromatic rings. The SMILES string of the molecule is CCC(CCCl)NS(=O)(=O)c1ccc(Br)cc1.